The summed E-state index contributed by atoms with van der Waals surface area (Å²) >= 11 is 25.1. The minimum Gasteiger partial charge on any atom is -0.346 e. The van der Waals surface area contributed by atoms with Crippen LogP contribution < -0.4 is 4.90 Å². The molecule has 0 saturated heterocycles. The fourth-order valence-electron chi connectivity index (χ4n) is 5.43. The fraction of sp³-hybridized carbons (Fsp3) is 0.280. The van der Waals surface area contributed by atoms with Gasteiger partial charge in [-0.05, 0) is 54.8 Å². The van der Waals surface area contributed by atoms with Crippen LogP contribution in [0.1, 0.15) is 58.4 Å². The second kappa shape index (κ2) is 7.92. The van der Waals surface area contributed by atoms with Crippen LogP contribution in [0.25, 0.3) is 0 Å². The van der Waals surface area contributed by atoms with Crippen molar-refractivity contribution >= 4 is 63.7 Å². The summed E-state index contributed by atoms with van der Waals surface area (Å²) in [6.07, 6.45) is 8.81. The number of benzene rings is 2. The number of rotatable bonds is 1. The van der Waals surface area contributed by atoms with E-state index in [9.17, 15) is 9.59 Å². The molecule has 3 nitrogen and oxygen atoms in total. The van der Waals surface area contributed by atoms with Crippen LogP contribution in [0.3, 0.4) is 0 Å². The van der Waals surface area contributed by atoms with E-state index in [1.165, 1.54) is 18.6 Å². The Hall–Kier alpha value is -1.78. The number of carbonyl (C=O) groups is 2. The van der Waals surface area contributed by atoms with Crippen molar-refractivity contribution in [3.05, 3.63) is 84.5 Å². The summed E-state index contributed by atoms with van der Waals surface area (Å²) in [7, 11) is 1.97. The van der Waals surface area contributed by atoms with Gasteiger partial charge in [-0.2, -0.15) is 0 Å². The molecule has 0 unspecified atom stereocenters. The molecule has 0 atom stereocenters. The van der Waals surface area contributed by atoms with Gasteiger partial charge in [0, 0.05) is 34.3 Å². The lowest BCUT2D eigenvalue weighted by molar-refractivity contribution is 0.0988. The highest BCUT2D eigenvalue weighted by Gasteiger charge is 2.47. The Kier molecular flexibility index (Phi) is 5.45. The first kappa shape index (κ1) is 22.0. The van der Waals surface area contributed by atoms with Gasteiger partial charge in [0.2, 0.25) is 0 Å². The van der Waals surface area contributed by atoms with Crippen LogP contribution in [-0.2, 0) is 5.41 Å². The average Bonchev–Trinajstić information content (AvgIpc) is 3.10. The molecule has 0 radical (unpaired) electrons. The van der Waals surface area contributed by atoms with E-state index in [1.54, 1.807) is 12.1 Å². The number of halogens is 4. The average molecular weight is 507 g/mol. The van der Waals surface area contributed by atoms with E-state index in [0.29, 0.717) is 21.2 Å². The summed E-state index contributed by atoms with van der Waals surface area (Å²) in [6, 6.07) is 6.69. The molecule has 0 aromatic heterocycles. The van der Waals surface area contributed by atoms with Crippen LogP contribution in [0.4, 0.5) is 5.69 Å². The summed E-state index contributed by atoms with van der Waals surface area (Å²) < 4.78 is 0. The highest BCUT2D eigenvalue weighted by atomic mass is 35.5. The summed E-state index contributed by atoms with van der Waals surface area (Å²) in [5.41, 5.74) is 3.54. The van der Waals surface area contributed by atoms with Gasteiger partial charge in [-0.3, -0.25) is 9.59 Å². The normalized spacial score (nSPS) is 20.3. The fourth-order valence-corrected chi connectivity index (χ4v) is 6.38. The van der Waals surface area contributed by atoms with Gasteiger partial charge in [-0.25, -0.2) is 0 Å². The first-order chi connectivity index (χ1) is 15.2. The van der Waals surface area contributed by atoms with Gasteiger partial charge in [0.25, 0.3) is 0 Å². The molecular formula is C25H19Cl4NO2. The van der Waals surface area contributed by atoms with Crippen molar-refractivity contribution in [2.45, 2.75) is 37.5 Å². The first-order valence-electron chi connectivity index (χ1n) is 10.5. The summed E-state index contributed by atoms with van der Waals surface area (Å²) in [6.45, 7) is 0. The number of ketones is 2. The number of hydrogen-bond acceptors (Lipinski definition) is 3. The molecule has 2 aliphatic carbocycles. The van der Waals surface area contributed by atoms with Crippen molar-refractivity contribution in [1.82, 2.24) is 0 Å². The van der Waals surface area contributed by atoms with E-state index in [4.69, 9.17) is 46.4 Å². The Labute approximate surface area is 206 Å². The Morgan fingerprint density at radius 1 is 0.812 bits per heavy atom. The third-order valence-corrected chi connectivity index (χ3v) is 8.11. The molecule has 0 amide bonds. The lowest BCUT2D eigenvalue weighted by Crippen LogP contribution is -2.31. The molecule has 1 spiro atoms. The van der Waals surface area contributed by atoms with E-state index in [1.807, 2.05) is 19.2 Å². The highest BCUT2D eigenvalue weighted by molar-refractivity contribution is 6.45. The third-order valence-electron chi connectivity index (χ3n) is 6.88. The molecule has 32 heavy (non-hydrogen) atoms. The van der Waals surface area contributed by atoms with E-state index in [2.05, 4.69) is 4.90 Å². The number of hydrogen-bond donors (Lipinski definition) is 0. The monoisotopic (exact) mass is 505 g/mol. The van der Waals surface area contributed by atoms with E-state index in [-0.39, 0.29) is 32.6 Å². The minimum atomic E-state index is -0.336. The maximum Gasteiger partial charge on any atom is 0.197 e. The van der Waals surface area contributed by atoms with Gasteiger partial charge in [0.05, 0.1) is 26.3 Å². The van der Waals surface area contributed by atoms with Crippen LogP contribution in [-0.4, -0.2) is 18.6 Å². The second-order valence-electron chi connectivity index (χ2n) is 8.59. The van der Waals surface area contributed by atoms with Crippen LogP contribution in [0, 0.1) is 0 Å². The van der Waals surface area contributed by atoms with Gasteiger partial charge < -0.3 is 4.90 Å². The maximum absolute atomic E-state index is 13.0. The summed E-state index contributed by atoms with van der Waals surface area (Å²) in [5.74, 6) is -0.672. The number of allylic oxidation sites excluding steroid dienone is 4. The smallest absolute Gasteiger partial charge is 0.197 e. The molecule has 2 aromatic rings. The molecule has 1 fully saturated rings. The third kappa shape index (κ3) is 3.17. The Morgan fingerprint density at radius 2 is 1.41 bits per heavy atom. The number of anilines is 1. The molecule has 2 aromatic carbocycles. The maximum atomic E-state index is 13.0. The van der Waals surface area contributed by atoms with Crippen LogP contribution in [0.15, 0.2) is 47.7 Å². The zero-order valence-electron chi connectivity index (χ0n) is 17.3. The van der Waals surface area contributed by atoms with Gasteiger partial charge in [-0.15, -0.1) is 0 Å². The Balaban J connectivity index is 1.63. The van der Waals surface area contributed by atoms with Crippen LogP contribution >= 0.6 is 46.4 Å². The minimum absolute atomic E-state index is 0.116. The Morgan fingerprint density at radius 3 is 2.00 bits per heavy atom. The lowest BCUT2D eigenvalue weighted by atomic mass is 9.68. The first-order valence-corrected chi connectivity index (χ1v) is 12.0. The molecule has 164 valence electrons. The van der Waals surface area contributed by atoms with Crippen molar-refractivity contribution < 1.29 is 9.59 Å². The largest absolute Gasteiger partial charge is 0.346 e. The van der Waals surface area contributed by atoms with Gasteiger partial charge in [0.1, 0.15) is 0 Å². The van der Waals surface area contributed by atoms with Gasteiger partial charge in [0.15, 0.2) is 11.6 Å². The second-order valence-corrected chi connectivity index (χ2v) is 10.2. The van der Waals surface area contributed by atoms with Gasteiger partial charge >= 0.3 is 0 Å². The van der Waals surface area contributed by atoms with Crippen LogP contribution in [0.2, 0.25) is 20.1 Å². The molecule has 7 heteroatoms. The molecule has 0 N–H and O–H groups in total. The number of fused-ring (bicyclic) bond motifs is 3. The topological polar surface area (TPSA) is 37.4 Å². The molecule has 0 bridgehead atoms. The van der Waals surface area contributed by atoms with E-state index in [0.717, 1.165) is 42.6 Å². The standard InChI is InChI=1S/C25H19Cl4NO2/c1-30-21(6-5-14-23(31)15-11-18(27)19(28)12-16(15)24(14)32)25(7-3-2-4-8-25)17-9-13(26)10-20(29)22(17)30/h5-6,9-12H,2-4,7-8H2,1H3/b21-6+. The van der Waals surface area contributed by atoms with E-state index >= 15 is 0 Å². The molecular weight excluding hydrogens is 488 g/mol. The number of likely N-dealkylation sites (N-methyl/N-ethyl adjacent to an activating group) is 1. The summed E-state index contributed by atoms with van der Waals surface area (Å²) in [5, 5.41) is 1.72. The van der Waals surface area contributed by atoms with Crippen LogP contribution in [0.5, 0.6) is 0 Å². The number of carbonyl (C=O) groups excluding carboxylic acids is 2. The number of nitrogens with zero attached hydrogens (tertiary/aromatic N) is 1. The van der Waals surface area contributed by atoms with Crippen molar-refractivity contribution in [2.75, 3.05) is 11.9 Å². The predicted octanol–water partition coefficient (Wildman–Crippen LogP) is 7.84. The zero-order valence-corrected chi connectivity index (χ0v) is 20.3. The number of Topliss-reactive ketones (excluding diaryl/α,β-unsaturated/α-hetero) is 2. The van der Waals surface area contributed by atoms with Crippen molar-refractivity contribution in [1.29, 1.82) is 0 Å². The van der Waals surface area contributed by atoms with Crippen molar-refractivity contribution in [2.24, 2.45) is 0 Å². The highest BCUT2D eigenvalue weighted by Crippen LogP contribution is 2.57. The predicted molar refractivity (Wildman–Crippen MR) is 131 cm³/mol. The molecule has 5 rings (SSSR count). The van der Waals surface area contributed by atoms with Crippen molar-refractivity contribution in [3.8, 4) is 0 Å². The summed E-state index contributed by atoms with van der Waals surface area (Å²) in [4.78, 5) is 28.0. The van der Waals surface area contributed by atoms with E-state index < -0.39 is 0 Å². The Bertz CT molecular complexity index is 1210. The molecule has 1 heterocycles. The molecule has 1 saturated carbocycles. The molecule has 3 aliphatic rings. The lowest BCUT2D eigenvalue weighted by Gasteiger charge is -2.36. The zero-order chi connectivity index (χ0) is 22.8. The SMILES string of the molecule is CN1/C(=C/C=C2C(=O)c3cc(Cl)c(Cl)cc3C2=O)C2(CCCCC2)c2cc(Cl)cc(Cl)c21. The molecule has 1 aliphatic heterocycles. The quantitative estimate of drug-likeness (QED) is 0.292. The van der Waals surface area contributed by atoms with Gasteiger partial charge in [-0.1, -0.05) is 65.7 Å². The van der Waals surface area contributed by atoms with Crippen molar-refractivity contribution in [3.63, 3.8) is 0 Å².